The third-order valence-corrected chi connectivity index (χ3v) is 5.15. The maximum Gasteiger partial charge on any atom is 0.255 e. The van der Waals surface area contributed by atoms with Crippen molar-refractivity contribution in [2.75, 3.05) is 16.8 Å². The van der Waals surface area contributed by atoms with E-state index in [2.05, 4.69) is 5.32 Å². The molecular weight excluding hydrogens is 412 g/mol. The summed E-state index contributed by atoms with van der Waals surface area (Å²) in [5.41, 5.74) is -0.0534. The molecule has 2 N–H and O–H groups in total. The van der Waals surface area contributed by atoms with Gasteiger partial charge >= 0.3 is 0 Å². The number of unbranched alkanes of at least 4 members (excludes halogenated alkanes) is 1. The molecule has 2 aromatic carbocycles. The number of rotatable bonds is 10. The fourth-order valence-corrected chi connectivity index (χ4v) is 3.23. The summed E-state index contributed by atoms with van der Waals surface area (Å²) in [4.78, 5) is 14.3. The predicted octanol–water partition coefficient (Wildman–Crippen LogP) is 5.65. The molecule has 1 amide bonds. The zero-order valence-electron chi connectivity index (χ0n) is 17.9. The van der Waals surface area contributed by atoms with Gasteiger partial charge < -0.3 is 15.3 Å². The molecule has 8 heteroatoms. The first kappa shape index (κ1) is 24.7. The number of carbonyl (C=O) groups is 1. The summed E-state index contributed by atoms with van der Waals surface area (Å²) in [5.74, 6) is -5.78. The van der Waals surface area contributed by atoms with E-state index in [1.165, 1.54) is 12.1 Å². The van der Waals surface area contributed by atoms with Crippen molar-refractivity contribution < 1.29 is 27.5 Å². The standard InChI is InChI=1S/C23H28F4N2O2/c1-4-6-7-14(3)29(13-17(30)5-2)21-10-15(8-9-18(21)24)23(31)28-16-11-19(25)22(27)20(26)12-16/h8-12,14,17,30H,4-7,13H2,1-3H3,(H,28,31). The smallest absolute Gasteiger partial charge is 0.255 e. The first-order valence-electron chi connectivity index (χ1n) is 10.4. The molecule has 0 aliphatic heterocycles. The van der Waals surface area contributed by atoms with Crippen molar-refractivity contribution in [2.24, 2.45) is 0 Å². The third kappa shape index (κ3) is 6.43. The SMILES string of the molecule is CCCCC(C)N(CC(O)CC)c1cc(C(=O)Nc2cc(F)c(F)c(F)c2)ccc1F. The summed E-state index contributed by atoms with van der Waals surface area (Å²) < 4.78 is 54.7. The van der Waals surface area contributed by atoms with Crippen LogP contribution in [-0.2, 0) is 0 Å². The zero-order valence-corrected chi connectivity index (χ0v) is 17.9. The van der Waals surface area contributed by atoms with Crippen LogP contribution in [0.5, 0.6) is 0 Å². The first-order valence-corrected chi connectivity index (χ1v) is 10.4. The van der Waals surface area contributed by atoms with Gasteiger partial charge in [-0.3, -0.25) is 4.79 Å². The third-order valence-electron chi connectivity index (χ3n) is 5.15. The van der Waals surface area contributed by atoms with Crippen molar-refractivity contribution in [1.29, 1.82) is 0 Å². The minimum absolute atomic E-state index is 0.0558. The molecule has 0 aliphatic carbocycles. The van der Waals surface area contributed by atoms with Gasteiger partial charge in [-0.2, -0.15) is 0 Å². The Hall–Kier alpha value is -2.61. The molecule has 31 heavy (non-hydrogen) atoms. The van der Waals surface area contributed by atoms with E-state index in [4.69, 9.17) is 0 Å². The quantitative estimate of drug-likeness (QED) is 0.371. The molecule has 0 radical (unpaired) electrons. The van der Waals surface area contributed by atoms with Gasteiger partial charge in [-0.05, 0) is 38.0 Å². The number of amides is 1. The molecule has 0 saturated heterocycles. The summed E-state index contributed by atoms with van der Waals surface area (Å²) in [6.45, 7) is 5.98. The van der Waals surface area contributed by atoms with Gasteiger partial charge in [-0.15, -0.1) is 0 Å². The molecule has 0 spiro atoms. The van der Waals surface area contributed by atoms with E-state index in [0.29, 0.717) is 18.6 Å². The number of aliphatic hydroxyl groups is 1. The monoisotopic (exact) mass is 440 g/mol. The molecule has 4 nitrogen and oxygen atoms in total. The van der Waals surface area contributed by atoms with Crippen molar-refractivity contribution in [3.05, 3.63) is 59.2 Å². The molecule has 0 bridgehead atoms. The van der Waals surface area contributed by atoms with Gasteiger partial charge in [0, 0.05) is 36.0 Å². The van der Waals surface area contributed by atoms with Gasteiger partial charge in [-0.25, -0.2) is 17.6 Å². The largest absolute Gasteiger partial charge is 0.391 e. The molecular formula is C23H28F4N2O2. The Labute approximate surface area is 179 Å². The van der Waals surface area contributed by atoms with Crippen LogP contribution in [0, 0.1) is 23.3 Å². The van der Waals surface area contributed by atoms with Crippen molar-refractivity contribution in [3.63, 3.8) is 0 Å². The van der Waals surface area contributed by atoms with Crippen molar-refractivity contribution in [2.45, 2.75) is 58.6 Å². The fourth-order valence-electron chi connectivity index (χ4n) is 3.23. The van der Waals surface area contributed by atoms with Crippen LogP contribution in [0.2, 0.25) is 0 Å². The Morgan fingerprint density at radius 1 is 1.06 bits per heavy atom. The normalized spacial score (nSPS) is 13.0. The second kappa shape index (κ2) is 11.1. The van der Waals surface area contributed by atoms with E-state index >= 15 is 0 Å². The molecule has 0 heterocycles. The van der Waals surface area contributed by atoms with E-state index < -0.39 is 35.3 Å². The minimum Gasteiger partial charge on any atom is -0.391 e. The van der Waals surface area contributed by atoms with Crippen LogP contribution in [-0.4, -0.2) is 29.7 Å². The summed E-state index contributed by atoms with van der Waals surface area (Å²) >= 11 is 0. The number of hydrogen-bond donors (Lipinski definition) is 2. The van der Waals surface area contributed by atoms with Gasteiger partial charge in [0.25, 0.3) is 5.91 Å². The fraction of sp³-hybridized carbons (Fsp3) is 0.435. The number of nitrogens with one attached hydrogen (secondary N) is 1. The van der Waals surface area contributed by atoms with Gasteiger partial charge in [0.1, 0.15) is 5.82 Å². The molecule has 170 valence electrons. The van der Waals surface area contributed by atoms with E-state index in [9.17, 15) is 27.5 Å². The van der Waals surface area contributed by atoms with Crippen LogP contribution in [0.4, 0.5) is 28.9 Å². The van der Waals surface area contributed by atoms with Crippen molar-refractivity contribution in [3.8, 4) is 0 Å². The Balaban J connectivity index is 2.33. The first-order chi connectivity index (χ1) is 14.7. The van der Waals surface area contributed by atoms with Crippen molar-refractivity contribution >= 4 is 17.3 Å². The molecule has 0 aromatic heterocycles. The molecule has 0 aliphatic rings. The number of aliphatic hydroxyl groups excluding tert-OH is 1. The summed E-state index contributed by atoms with van der Waals surface area (Å²) in [6.07, 6.45) is 2.47. The molecule has 2 unspecified atom stereocenters. The lowest BCUT2D eigenvalue weighted by Gasteiger charge is -2.33. The number of anilines is 2. The van der Waals surface area contributed by atoms with Gasteiger partial charge in [0.05, 0.1) is 11.8 Å². The number of halogens is 4. The highest BCUT2D eigenvalue weighted by Crippen LogP contribution is 2.26. The van der Waals surface area contributed by atoms with Crippen molar-refractivity contribution in [1.82, 2.24) is 0 Å². The summed E-state index contributed by atoms with van der Waals surface area (Å²) in [5, 5.41) is 12.4. The second-order valence-corrected chi connectivity index (χ2v) is 7.58. The van der Waals surface area contributed by atoms with E-state index in [1.54, 1.807) is 4.90 Å². The average molecular weight is 440 g/mol. The Bertz CT molecular complexity index is 884. The van der Waals surface area contributed by atoms with Gasteiger partial charge in [0.2, 0.25) is 0 Å². The second-order valence-electron chi connectivity index (χ2n) is 7.58. The van der Waals surface area contributed by atoms with Crippen LogP contribution in [0.15, 0.2) is 30.3 Å². The lowest BCUT2D eigenvalue weighted by Crippen LogP contribution is -2.39. The highest BCUT2D eigenvalue weighted by atomic mass is 19.2. The summed E-state index contributed by atoms with van der Waals surface area (Å²) in [6, 6.07) is 4.96. The lowest BCUT2D eigenvalue weighted by molar-refractivity contribution is 0.102. The number of benzene rings is 2. The van der Waals surface area contributed by atoms with E-state index in [1.807, 2.05) is 20.8 Å². The zero-order chi connectivity index (χ0) is 23.1. The van der Waals surface area contributed by atoms with Gasteiger partial charge in [0.15, 0.2) is 17.5 Å². The Morgan fingerprint density at radius 2 is 1.71 bits per heavy atom. The number of nitrogens with zero attached hydrogens (tertiary/aromatic N) is 1. The van der Waals surface area contributed by atoms with Crippen LogP contribution in [0.3, 0.4) is 0 Å². The molecule has 0 saturated carbocycles. The molecule has 2 rings (SSSR count). The number of carbonyl (C=O) groups excluding carboxylic acids is 1. The van der Waals surface area contributed by atoms with E-state index in [0.717, 1.165) is 25.3 Å². The molecule has 2 aromatic rings. The number of hydrogen-bond acceptors (Lipinski definition) is 3. The summed E-state index contributed by atoms with van der Waals surface area (Å²) in [7, 11) is 0. The Morgan fingerprint density at radius 3 is 2.29 bits per heavy atom. The van der Waals surface area contributed by atoms with Crippen LogP contribution >= 0.6 is 0 Å². The topological polar surface area (TPSA) is 52.6 Å². The maximum absolute atomic E-state index is 14.7. The minimum atomic E-state index is -1.63. The molecule has 0 fully saturated rings. The lowest BCUT2D eigenvalue weighted by atomic mass is 10.1. The Kier molecular flexibility index (Phi) is 8.86. The van der Waals surface area contributed by atoms with Gasteiger partial charge in [-0.1, -0.05) is 26.7 Å². The van der Waals surface area contributed by atoms with Crippen LogP contribution < -0.4 is 10.2 Å². The average Bonchev–Trinajstić information content (AvgIpc) is 2.74. The molecule has 2 atom stereocenters. The highest BCUT2D eigenvalue weighted by molar-refractivity contribution is 6.04. The van der Waals surface area contributed by atoms with Crippen LogP contribution in [0.25, 0.3) is 0 Å². The van der Waals surface area contributed by atoms with E-state index in [-0.39, 0.29) is 29.5 Å². The maximum atomic E-state index is 14.7. The highest BCUT2D eigenvalue weighted by Gasteiger charge is 2.22. The predicted molar refractivity (Wildman–Crippen MR) is 113 cm³/mol. The van der Waals surface area contributed by atoms with Crippen LogP contribution in [0.1, 0.15) is 56.8 Å².